The Morgan fingerprint density at radius 1 is 1.45 bits per heavy atom. The Bertz CT molecular complexity index is 657. The fraction of sp³-hybridized carbons (Fsp3) is 0.357. The summed E-state index contributed by atoms with van der Waals surface area (Å²) in [6, 6.07) is 3.28. The lowest BCUT2D eigenvalue weighted by atomic mass is 10.2. The second-order valence-electron chi connectivity index (χ2n) is 5.50. The molecule has 2 aromatic rings. The number of rotatable bonds is 3. The van der Waals surface area contributed by atoms with Crippen molar-refractivity contribution in [2.24, 2.45) is 0 Å². The van der Waals surface area contributed by atoms with Crippen LogP contribution in [0.5, 0.6) is 0 Å². The quantitative estimate of drug-likeness (QED) is 0.773. The normalized spacial score (nSPS) is 11.3. The topological polar surface area (TPSA) is 55.3 Å². The van der Waals surface area contributed by atoms with Crippen LogP contribution in [-0.4, -0.2) is 21.1 Å². The molecule has 0 atom stereocenters. The molecule has 0 radical (unpaired) electrons. The van der Waals surface area contributed by atoms with Crippen molar-refractivity contribution in [3.05, 3.63) is 35.1 Å². The molecule has 0 aliphatic heterocycles. The van der Waals surface area contributed by atoms with E-state index in [0.717, 1.165) is 18.1 Å². The van der Waals surface area contributed by atoms with Crippen LogP contribution < -0.4 is 4.31 Å². The molecule has 5 nitrogen and oxygen atoms in total. The third-order valence-corrected chi connectivity index (χ3v) is 3.88. The second-order valence-corrected chi connectivity index (χ2v) is 7.13. The maximum atomic E-state index is 13.3. The van der Waals surface area contributed by atoms with E-state index in [1.807, 2.05) is 0 Å². The number of ether oxygens (including phenoxy) is 1. The van der Waals surface area contributed by atoms with Crippen LogP contribution in [0.3, 0.4) is 0 Å². The molecule has 8 heteroatoms. The number of hydrogen-bond acceptors (Lipinski definition) is 6. The third-order valence-electron chi connectivity index (χ3n) is 2.40. The van der Waals surface area contributed by atoms with Gasteiger partial charge in [-0.05, 0) is 56.9 Å². The van der Waals surface area contributed by atoms with Crippen molar-refractivity contribution in [1.82, 2.24) is 9.36 Å². The summed E-state index contributed by atoms with van der Waals surface area (Å²) in [6.45, 7) is 7.00. The monoisotopic (exact) mass is 341 g/mol. The molecule has 0 unspecified atom stereocenters. The van der Waals surface area contributed by atoms with Gasteiger partial charge in [0.25, 0.3) is 0 Å². The van der Waals surface area contributed by atoms with E-state index in [0.29, 0.717) is 16.4 Å². The minimum atomic E-state index is -0.627. The van der Waals surface area contributed by atoms with Crippen LogP contribution in [0.2, 0.25) is 0 Å². The highest BCUT2D eigenvalue weighted by molar-refractivity contribution is 8.01. The van der Waals surface area contributed by atoms with Gasteiger partial charge >= 0.3 is 6.09 Å². The van der Waals surface area contributed by atoms with Gasteiger partial charge in [0.2, 0.25) is 0 Å². The SMILES string of the molecule is Cc1cc(SN(C(=O)OC(C)(C)C)c2ccsn2)ncc1F. The number of carbonyl (C=O) groups excluding carboxylic acids is 1. The van der Waals surface area contributed by atoms with E-state index in [2.05, 4.69) is 9.36 Å². The van der Waals surface area contributed by atoms with Crippen LogP contribution in [0.25, 0.3) is 0 Å². The Morgan fingerprint density at radius 3 is 2.73 bits per heavy atom. The van der Waals surface area contributed by atoms with Crippen molar-refractivity contribution >= 4 is 35.4 Å². The Morgan fingerprint density at radius 2 is 2.18 bits per heavy atom. The molecule has 2 aromatic heterocycles. The molecule has 2 heterocycles. The second kappa shape index (κ2) is 6.62. The minimum absolute atomic E-state index is 0.387. The van der Waals surface area contributed by atoms with Crippen LogP contribution in [0, 0.1) is 12.7 Å². The van der Waals surface area contributed by atoms with Gasteiger partial charge in [0.1, 0.15) is 16.4 Å². The largest absolute Gasteiger partial charge is 0.443 e. The number of aromatic nitrogens is 2. The lowest BCUT2D eigenvalue weighted by Gasteiger charge is -2.24. The molecule has 0 aromatic carbocycles. The predicted octanol–water partition coefficient (Wildman–Crippen LogP) is 4.43. The molecule has 0 saturated heterocycles. The van der Waals surface area contributed by atoms with Crippen molar-refractivity contribution in [3.8, 4) is 0 Å². The summed E-state index contributed by atoms with van der Waals surface area (Å²) in [7, 11) is 0. The maximum absolute atomic E-state index is 13.3. The van der Waals surface area contributed by atoms with Gasteiger partial charge in [0.05, 0.1) is 6.20 Å². The average Bonchev–Trinajstić information content (AvgIpc) is 2.91. The van der Waals surface area contributed by atoms with Gasteiger partial charge in [-0.2, -0.15) is 8.68 Å². The maximum Gasteiger partial charge on any atom is 0.426 e. The first-order valence-electron chi connectivity index (χ1n) is 6.50. The van der Waals surface area contributed by atoms with Crippen LogP contribution in [0.1, 0.15) is 26.3 Å². The van der Waals surface area contributed by atoms with E-state index in [4.69, 9.17) is 4.74 Å². The molecular weight excluding hydrogens is 325 g/mol. The van der Waals surface area contributed by atoms with Crippen molar-refractivity contribution < 1.29 is 13.9 Å². The highest BCUT2D eigenvalue weighted by atomic mass is 32.2. The van der Waals surface area contributed by atoms with Gasteiger partial charge in [-0.15, -0.1) is 0 Å². The number of aryl methyl sites for hydroxylation is 1. The first kappa shape index (κ1) is 16.7. The highest BCUT2D eigenvalue weighted by Crippen LogP contribution is 2.30. The summed E-state index contributed by atoms with van der Waals surface area (Å²) in [5, 5.41) is 2.24. The van der Waals surface area contributed by atoms with Gasteiger partial charge < -0.3 is 4.74 Å². The average molecular weight is 341 g/mol. The lowest BCUT2D eigenvalue weighted by molar-refractivity contribution is 0.0611. The Labute approximate surface area is 136 Å². The smallest absolute Gasteiger partial charge is 0.426 e. The molecule has 0 N–H and O–H groups in total. The molecular formula is C14H16FN3O2S2. The van der Waals surface area contributed by atoms with E-state index >= 15 is 0 Å². The van der Waals surface area contributed by atoms with Crippen LogP contribution in [-0.2, 0) is 4.74 Å². The fourth-order valence-corrected chi connectivity index (χ4v) is 2.82. The summed E-state index contributed by atoms with van der Waals surface area (Å²) in [5.41, 5.74) is -0.169. The van der Waals surface area contributed by atoms with Crippen LogP contribution in [0.15, 0.2) is 28.7 Å². The van der Waals surface area contributed by atoms with Gasteiger partial charge in [-0.1, -0.05) is 0 Å². The van der Waals surface area contributed by atoms with E-state index < -0.39 is 11.7 Å². The first-order chi connectivity index (χ1) is 10.3. The van der Waals surface area contributed by atoms with Gasteiger partial charge in [-0.3, -0.25) is 0 Å². The van der Waals surface area contributed by atoms with Crippen molar-refractivity contribution in [3.63, 3.8) is 0 Å². The zero-order chi connectivity index (χ0) is 16.3. The number of amides is 1. The molecule has 0 fully saturated rings. The predicted molar refractivity (Wildman–Crippen MR) is 85.6 cm³/mol. The minimum Gasteiger partial charge on any atom is -0.443 e. The molecule has 0 saturated carbocycles. The van der Waals surface area contributed by atoms with Gasteiger partial charge in [-0.25, -0.2) is 14.2 Å². The summed E-state index contributed by atoms with van der Waals surface area (Å²) >= 11 is 2.27. The number of anilines is 1. The number of nitrogens with zero attached hydrogens (tertiary/aromatic N) is 3. The van der Waals surface area contributed by atoms with E-state index in [1.165, 1.54) is 15.8 Å². The Kier molecular flexibility index (Phi) is 5.02. The first-order valence-corrected chi connectivity index (χ1v) is 8.11. The molecule has 22 heavy (non-hydrogen) atoms. The van der Waals surface area contributed by atoms with Crippen LogP contribution in [0.4, 0.5) is 15.0 Å². The van der Waals surface area contributed by atoms with E-state index in [1.54, 1.807) is 45.2 Å². The highest BCUT2D eigenvalue weighted by Gasteiger charge is 2.26. The van der Waals surface area contributed by atoms with Crippen molar-refractivity contribution in [2.45, 2.75) is 38.3 Å². The molecule has 0 spiro atoms. The molecule has 2 rings (SSSR count). The summed E-state index contributed by atoms with van der Waals surface area (Å²) in [5.74, 6) is 0.0647. The molecule has 0 aliphatic rings. The van der Waals surface area contributed by atoms with Crippen molar-refractivity contribution in [2.75, 3.05) is 4.31 Å². The summed E-state index contributed by atoms with van der Waals surface area (Å²) in [6.07, 6.45) is 0.582. The summed E-state index contributed by atoms with van der Waals surface area (Å²) < 4.78 is 24.1. The van der Waals surface area contributed by atoms with Crippen LogP contribution >= 0.6 is 23.5 Å². The van der Waals surface area contributed by atoms with Gasteiger partial charge in [0.15, 0.2) is 5.82 Å². The van der Waals surface area contributed by atoms with Gasteiger partial charge in [0, 0.05) is 17.3 Å². The van der Waals surface area contributed by atoms with E-state index in [9.17, 15) is 9.18 Å². The Balaban J connectivity index is 2.25. The number of carbonyl (C=O) groups is 1. The lowest BCUT2D eigenvalue weighted by Crippen LogP contribution is -2.32. The Hall–Kier alpha value is -1.67. The zero-order valence-electron chi connectivity index (χ0n) is 12.7. The van der Waals surface area contributed by atoms with E-state index in [-0.39, 0.29) is 5.82 Å². The summed E-state index contributed by atoms with van der Waals surface area (Å²) in [4.78, 5) is 16.3. The molecule has 1 amide bonds. The molecule has 118 valence electrons. The molecule has 0 bridgehead atoms. The number of hydrogen-bond donors (Lipinski definition) is 0. The zero-order valence-corrected chi connectivity index (χ0v) is 14.3. The molecule has 0 aliphatic carbocycles. The number of pyridine rings is 1. The van der Waals surface area contributed by atoms with Crippen molar-refractivity contribution in [1.29, 1.82) is 0 Å². The third kappa shape index (κ3) is 4.41. The number of halogens is 1. The fourth-order valence-electron chi connectivity index (χ4n) is 1.45. The standard InChI is InChI=1S/C14H16FN3O2S2/c1-9-7-12(16-8-10(9)15)22-18(11-5-6-21-17-11)13(19)20-14(2,3)4/h5-8H,1-4H3.